The molecule has 17 heavy (non-hydrogen) atoms. The number of allylic oxidation sites excluding steroid dienone is 2. The molecule has 0 saturated heterocycles. The van der Waals surface area contributed by atoms with Crippen LogP contribution in [0.25, 0.3) is 0 Å². The third-order valence-electron chi connectivity index (χ3n) is 3.03. The molecule has 1 atom stereocenters. The monoisotopic (exact) mass is 332 g/mol. The topological polar surface area (TPSA) is 26.3 Å². The summed E-state index contributed by atoms with van der Waals surface area (Å²) in [5, 5.41) is 0. The summed E-state index contributed by atoms with van der Waals surface area (Å²) in [5.74, 6) is 0.0120. The van der Waals surface area contributed by atoms with Gasteiger partial charge in [0.15, 0.2) is 0 Å². The molecule has 1 aromatic rings. The van der Waals surface area contributed by atoms with Gasteiger partial charge in [0.05, 0.1) is 0 Å². The number of hydrogen-bond donors (Lipinski definition) is 0. The van der Waals surface area contributed by atoms with Gasteiger partial charge < -0.3 is 0 Å². The van der Waals surface area contributed by atoms with Crippen molar-refractivity contribution in [1.82, 2.24) is 0 Å². The molecule has 0 bridgehead atoms. The van der Waals surface area contributed by atoms with E-state index in [2.05, 4.69) is 36.4 Å². The van der Waals surface area contributed by atoms with Gasteiger partial charge in [-0.3, -0.25) is 0 Å². The molecule has 1 aliphatic heterocycles. The maximum absolute atomic E-state index is 11.6. The Bertz CT molecular complexity index is 400. The van der Waals surface area contributed by atoms with E-state index in [9.17, 15) is 4.79 Å². The molecule has 0 N–H and O–H groups in total. The van der Waals surface area contributed by atoms with Crippen LogP contribution >= 0.6 is 0 Å². The van der Waals surface area contributed by atoms with Gasteiger partial charge in [0, 0.05) is 0 Å². The summed E-state index contributed by atoms with van der Waals surface area (Å²) in [6.45, 7) is 2.01. The standard InChI is InChI=1S/C10H10.C4H8O2.In/c1-2-3-7-10-8-5-4-6-9-10;1-2-3-4(5)6;/h2-9H,1H2;2-3H2,1H3,(H,5,6);/q;;+1/p-1. The Morgan fingerprint density at radius 1 is 1.41 bits per heavy atom. The van der Waals surface area contributed by atoms with Gasteiger partial charge in [-0.25, -0.2) is 0 Å². The summed E-state index contributed by atoms with van der Waals surface area (Å²) in [6, 6.07) is 10.4. The van der Waals surface area contributed by atoms with Crippen LogP contribution in [0.3, 0.4) is 0 Å². The second-order valence-corrected chi connectivity index (χ2v) is 11.5. The number of hydrogen-bond acceptors (Lipinski definition) is 2. The van der Waals surface area contributed by atoms with Crippen molar-refractivity contribution in [2.45, 2.75) is 27.6 Å². The van der Waals surface area contributed by atoms with E-state index in [1.807, 2.05) is 13.0 Å². The third kappa shape index (κ3) is 3.38. The number of rotatable bonds is 4. The van der Waals surface area contributed by atoms with E-state index < -0.39 is 21.9 Å². The first-order valence-electron chi connectivity index (χ1n) is 6.22. The van der Waals surface area contributed by atoms with Crippen LogP contribution in [0.2, 0.25) is 4.18 Å². The summed E-state index contributed by atoms with van der Waals surface area (Å²) in [6.07, 6.45) is 5.86. The molecule has 1 aromatic carbocycles. The number of carbonyl (C=O) groups excluding carboxylic acids is 1. The summed E-state index contributed by atoms with van der Waals surface area (Å²) < 4.78 is 7.20. The van der Waals surface area contributed by atoms with Crippen molar-refractivity contribution in [3.05, 3.63) is 48.0 Å². The van der Waals surface area contributed by atoms with Gasteiger partial charge in [0.25, 0.3) is 0 Å². The summed E-state index contributed by atoms with van der Waals surface area (Å²) in [4.78, 5) is 11.6. The normalized spacial score (nSPS) is 18.4. The Labute approximate surface area is 111 Å². The Kier molecular flexibility index (Phi) is 4.72. The van der Waals surface area contributed by atoms with Crippen molar-refractivity contribution in [2.75, 3.05) is 0 Å². The Morgan fingerprint density at radius 2 is 2.18 bits per heavy atom. The minimum atomic E-state index is -2.22. The second-order valence-electron chi connectivity index (χ2n) is 4.38. The van der Waals surface area contributed by atoms with Crippen molar-refractivity contribution in [3.8, 4) is 0 Å². The molecule has 2 nitrogen and oxygen atoms in total. The zero-order valence-corrected chi connectivity index (χ0v) is 13.4. The fraction of sp³-hybridized carbons (Fsp3) is 0.357. The molecule has 0 radical (unpaired) electrons. The Morgan fingerprint density at radius 3 is 2.88 bits per heavy atom. The van der Waals surface area contributed by atoms with Crippen LogP contribution in [0.1, 0.15) is 29.0 Å². The average molecular weight is 332 g/mol. The Balaban J connectivity index is 2.02. The zero-order chi connectivity index (χ0) is 12.1. The molecular formula is C14H17InO2. The van der Waals surface area contributed by atoms with Gasteiger partial charge in [-0.1, -0.05) is 0 Å². The molecule has 0 saturated carbocycles. The first-order chi connectivity index (χ1) is 8.31. The molecule has 0 spiro atoms. The minimum absolute atomic E-state index is 0.0120. The van der Waals surface area contributed by atoms with Gasteiger partial charge >= 0.3 is 111 Å². The van der Waals surface area contributed by atoms with Crippen molar-refractivity contribution >= 4 is 27.8 Å². The number of carbonyl (C=O) groups is 1. The third-order valence-corrected chi connectivity index (χ3v) is 10.8. The van der Waals surface area contributed by atoms with Crippen molar-refractivity contribution in [3.63, 3.8) is 0 Å². The van der Waals surface area contributed by atoms with E-state index in [-0.39, 0.29) is 5.97 Å². The predicted octanol–water partition coefficient (Wildman–Crippen LogP) is 3.21. The van der Waals surface area contributed by atoms with Gasteiger partial charge in [-0.2, -0.15) is 0 Å². The fourth-order valence-electron chi connectivity index (χ4n) is 2.18. The van der Waals surface area contributed by atoms with Gasteiger partial charge in [0.1, 0.15) is 0 Å². The average Bonchev–Trinajstić information content (AvgIpc) is 2.78. The zero-order valence-electron chi connectivity index (χ0n) is 10.1. The van der Waals surface area contributed by atoms with E-state index in [4.69, 9.17) is 2.85 Å². The molecule has 88 valence electrons. The van der Waals surface area contributed by atoms with Crippen LogP contribution < -0.4 is 0 Å². The quantitative estimate of drug-likeness (QED) is 0.792. The first-order valence-corrected chi connectivity index (χ1v) is 11.8. The second kappa shape index (κ2) is 6.29. The van der Waals surface area contributed by atoms with E-state index in [1.54, 1.807) is 0 Å². The van der Waals surface area contributed by atoms with E-state index in [0.29, 0.717) is 10.1 Å². The van der Waals surface area contributed by atoms with Crippen LogP contribution in [0.4, 0.5) is 0 Å². The predicted molar refractivity (Wildman–Crippen MR) is 69.9 cm³/mol. The van der Waals surface area contributed by atoms with Crippen LogP contribution in [-0.2, 0) is 7.65 Å². The van der Waals surface area contributed by atoms with Gasteiger partial charge in [0.2, 0.25) is 0 Å². The Hall–Kier alpha value is -0.700. The molecule has 0 fully saturated rings. The SMILES string of the molecule is CCCC(=O)[O][In]1[CH2]C=C[CH]1c1ccccc1. The maximum atomic E-state index is 11.6. The van der Waals surface area contributed by atoms with Crippen LogP contribution in [0.5, 0.6) is 0 Å². The molecule has 3 heteroatoms. The van der Waals surface area contributed by atoms with Gasteiger partial charge in [-0.05, 0) is 0 Å². The fourth-order valence-corrected chi connectivity index (χ4v) is 9.24. The summed E-state index contributed by atoms with van der Waals surface area (Å²) in [5.41, 5.74) is 1.31. The number of benzene rings is 1. The van der Waals surface area contributed by atoms with E-state index in [1.165, 1.54) is 5.56 Å². The van der Waals surface area contributed by atoms with Crippen LogP contribution in [0, 0.1) is 0 Å². The summed E-state index contributed by atoms with van der Waals surface area (Å²) in [7, 11) is 0. The molecule has 0 amide bonds. The van der Waals surface area contributed by atoms with Crippen LogP contribution in [0.15, 0.2) is 42.5 Å². The molecule has 1 heterocycles. The first kappa shape index (κ1) is 12.7. The van der Waals surface area contributed by atoms with E-state index in [0.717, 1.165) is 10.6 Å². The molecule has 1 aliphatic rings. The molecule has 0 aromatic heterocycles. The molecule has 0 aliphatic carbocycles. The van der Waals surface area contributed by atoms with Crippen molar-refractivity contribution in [1.29, 1.82) is 0 Å². The van der Waals surface area contributed by atoms with Crippen LogP contribution in [-0.4, -0.2) is 27.8 Å². The van der Waals surface area contributed by atoms with Crippen molar-refractivity contribution < 1.29 is 7.65 Å². The molecule has 2 rings (SSSR count). The van der Waals surface area contributed by atoms with Gasteiger partial charge in [-0.15, -0.1) is 0 Å². The molecule has 1 unspecified atom stereocenters. The van der Waals surface area contributed by atoms with E-state index >= 15 is 0 Å². The molecular weight excluding hydrogens is 315 g/mol. The summed E-state index contributed by atoms with van der Waals surface area (Å²) >= 11 is -2.22. The van der Waals surface area contributed by atoms with Crippen molar-refractivity contribution in [2.24, 2.45) is 0 Å².